The van der Waals surface area contributed by atoms with Crippen LogP contribution in [0.25, 0.3) is 22.9 Å². The molecule has 0 aliphatic heterocycles. The molecule has 0 N–H and O–H groups in total. The lowest BCUT2D eigenvalue weighted by Crippen LogP contribution is -1.90. The zero-order valence-electron chi connectivity index (χ0n) is 15.1. The highest BCUT2D eigenvalue weighted by Crippen LogP contribution is 2.31. The van der Waals surface area contributed by atoms with Crippen LogP contribution in [0.1, 0.15) is 10.6 Å². The van der Waals surface area contributed by atoms with Crippen molar-refractivity contribution in [2.75, 3.05) is 14.2 Å². The van der Waals surface area contributed by atoms with E-state index in [1.165, 1.54) is 23.5 Å². The summed E-state index contributed by atoms with van der Waals surface area (Å²) in [5.41, 5.74) is 2.53. The number of non-ortho nitro benzene ring substituents is 1. The quantitative estimate of drug-likeness (QED) is 0.339. The van der Waals surface area contributed by atoms with Gasteiger partial charge >= 0.3 is 0 Å². The topological polar surface area (TPSA) is 98.3 Å². The summed E-state index contributed by atoms with van der Waals surface area (Å²) in [4.78, 5) is 14.8. The lowest BCUT2D eigenvalue weighted by Gasteiger charge is -2.07. The lowest BCUT2D eigenvalue weighted by molar-refractivity contribution is -0.384. The minimum absolute atomic E-state index is 0.0170. The fourth-order valence-corrected chi connectivity index (χ4v) is 3.31. The number of nitro benzene ring substituents is 1. The van der Waals surface area contributed by atoms with E-state index < -0.39 is 4.92 Å². The van der Waals surface area contributed by atoms with Crippen molar-refractivity contribution < 1.29 is 14.4 Å². The van der Waals surface area contributed by atoms with E-state index in [1.807, 2.05) is 5.38 Å². The van der Waals surface area contributed by atoms with Crippen molar-refractivity contribution >= 4 is 28.7 Å². The van der Waals surface area contributed by atoms with Gasteiger partial charge in [0.25, 0.3) is 5.69 Å². The van der Waals surface area contributed by atoms with Crippen molar-refractivity contribution in [1.82, 2.24) is 4.98 Å². The molecule has 0 aliphatic carbocycles. The summed E-state index contributed by atoms with van der Waals surface area (Å²) in [5, 5.41) is 22.7. The van der Waals surface area contributed by atoms with Crippen molar-refractivity contribution in [3.63, 3.8) is 0 Å². The van der Waals surface area contributed by atoms with Gasteiger partial charge in [0.1, 0.15) is 22.6 Å². The summed E-state index contributed by atoms with van der Waals surface area (Å²) >= 11 is 1.33. The van der Waals surface area contributed by atoms with Gasteiger partial charge in [0.2, 0.25) is 0 Å². The van der Waals surface area contributed by atoms with Crippen molar-refractivity contribution in [2.45, 2.75) is 0 Å². The van der Waals surface area contributed by atoms with Gasteiger partial charge in [-0.3, -0.25) is 10.1 Å². The van der Waals surface area contributed by atoms with Crippen LogP contribution in [0, 0.1) is 21.4 Å². The maximum Gasteiger partial charge on any atom is 0.269 e. The SMILES string of the molecule is COc1ccc(C=C(C#N)c2nc(-c3ccc([N+](=O)[O-])cc3)cs2)c(OC)c1. The van der Waals surface area contributed by atoms with Crippen molar-refractivity contribution in [3.05, 3.63) is 68.5 Å². The molecule has 0 bridgehead atoms. The Bertz CT molecular complexity index is 1080. The first-order valence-corrected chi connectivity index (χ1v) is 8.98. The highest BCUT2D eigenvalue weighted by Gasteiger charge is 2.12. The Morgan fingerprint density at radius 2 is 1.96 bits per heavy atom. The molecular formula is C20H15N3O4S. The molecule has 0 spiro atoms. The maximum absolute atomic E-state index is 10.8. The van der Waals surface area contributed by atoms with Crippen LogP contribution in [0.15, 0.2) is 47.8 Å². The average molecular weight is 393 g/mol. The third-order valence-electron chi connectivity index (χ3n) is 3.97. The Labute approximate surface area is 165 Å². The third-order valence-corrected chi connectivity index (χ3v) is 4.84. The zero-order chi connectivity index (χ0) is 20.1. The fraction of sp³-hybridized carbons (Fsp3) is 0.100. The third kappa shape index (κ3) is 4.00. The van der Waals surface area contributed by atoms with E-state index in [4.69, 9.17) is 9.47 Å². The van der Waals surface area contributed by atoms with E-state index >= 15 is 0 Å². The van der Waals surface area contributed by atoms with Gasteiger partial charge in [-0.25, -0.2) is 4.98 Å². The number of allylic oxidation sites excluding steroid dienone is 1. The normalized spacial score (nSPS) is 11.0. The van der Waals surface area contributed by atoms with Gasteiger partial charge in [0.05, 0.1) is 30.4 Å². The van der Waals surface area contributed by atoms with Crippen molar-refractivity contribution in [3.8, 4) is 28.8 Å². The second-order valence-corrected chi connectivity index (χ2v) is 6.48. The second kappa shape index (κ2) is 8.33. The molecule has 2 aromatic carbocycles. The summed E-state index contributed by atoms with van der Waals surface area (Å²) in [6.07, 6.45) is 1.71. The number of thiazole rings is 1. The van der Waals surface area contributed by atoms with Crippen LogP contribution in [0.5, 0.6) is 11.5 Å². The molecule has 140 valence electrons. The highest BCUT2D eigenvalue weighted by atomic mass is 32.1. The molecule has 3 rings (SSSR count). The maximum atomic E-state index is 10.8. The van der Waals surface area contributed by atoms with E-state index in [9.17, 15) is 15.4 Å². The van der Waals surface area contributed by atoms with Crippen LogP contribution >= 0.6 is 11.3 Å². The number of methoxy groups -OCH3 is 2. The van der Waals surface area contributed by atoms with E-state index in [0.717, 1.165) is 11.1 Å². The molecule has 28 heavy (non-hydrogen) atoms. The number of nitrogens with zero attached hydrogens (tertiary/aromatic N) is 3. The molecule has 0 fully saturated rings. The average Bonchev–Trinajstić information content (AvgIpc) is 3.22. The highest BCUT2D eigenvalue weighted by molar-refractivity contribution is 7.11. The van der Waals surface area contributed by atoms with Gasteiger partial charge in [-0.15, -0.1) is 11.3 Å². The Hall–Kier alpha value is -3.70. The van der Waals surface area contributed by atoms with Crippen LogP contribution < -0.4 is 9.47 Å². The first kappa shape index (κ1) is 19.1. The van der Waals surface area contributed by atoms with Crippen LogP contribution in [-0.4, -0.2) is 24.1 Å². The predicted molar refractivity (Wildman–Crippen MR) is 107 cm³/mol. The minimum Gasteiger partial charge on any atom is -0.497 e. The first-order chi connectivity index (χ1) is 13.5. The first-order valence-electron chi connectivity index (χ1n) is 8.10. The predicted octanol–water partition coefficient (Wildman–Crippen LogP) is 4.80. The van der Waals surface area contributed by atoms with Gasteiger partial charge in [-0.1, -0.05) is 0 Å². The van der Waals surface area contributed by atoms with Crippen LogP contribution in [0.3, 0.4) is 0 Å². The molecule has 0 saturated heterocycles. The summed E-state index contributed by atoms with van der Waals surface area (Å²) in [6, 6.07) is 13.6. The lowest BCUT2D eigenvalue weighted by atomic mass is 10.1. The van der Waals surface area contributed by atoms with E-state index in [0.29, 0.717) is 27.8 Å². The summed E-state index contributed by atoms with van der Waals surface area (Å²) in [6.45, 7) is 0. The Morgan fingerprint density at radius 3 is 2.57 bits per heavy atom. The summed E-state index contributed by atoms with van der Waals surface area (Å²) in [5.74, 6) is 1.24. The Kier molecular flexibility index (Phi) is 5.67. The number of nitro groups is 1. The largest absolute Gasteiger partial charge is 0.497 e. The number of aromatic nitrogens is 1. The van der Waals surface area contributed by atoms with Gasteiger partial charge in [0.15, 0.2) is 0 Å². The van der Waals surface area contributed by atoms with E-state index in [1.54, 1.807) is 50.6 Å². The molecule has 0 amide bonds. The van der Waals surface area contributed by atoms with Gasteiger partial charge in [0, 0.05) is 34.7 Å². The Balaban J connectivity index is 1.93. The van der Waals surface area contributed by atoms with Gasteiger partial charge in [-0.05, 0) is 30.3 Å². The molecular weight excluding hydrogens is 378 g/mol. The number of benzene rings is 2. The molecule has 0 unspecified atom stereocenters. The zero-order valence-corrected chi connectivity index (χ0v) is 15.9. The molecule has 1 heterocycles. The standard InChI is InChI=1S/C20H15N3O4S/c1-26-17-8-5-14(19(10-17)27-2)9-15(11-21)20-22-18(12-28-20)13-3-6-16(7-4-13)23(24)25/h3-10,12H,1-2H3. The van der Waals surface area contributed by atoms with Gasteiger partial charge < -0.3 is 9.47 Å². The number of rotatable bonds is 6. The summed E-state index contributed by atoms with van der Waals surface area (Å²) < 4.78 is 10.6. The van der Waals surface area contributed by atoms with Crippen LogP contribution in [0.4, 0.5) is 5.69 Å². The monoisotopic (exact) mass is 393 g/mol. The number of hydrogen-bond donors (Lipinski definition) is 0. The summed E-state index contributed by atoms with van der Waals surface area (Å²) in [7, 11) is 3.12. The number of hydrogen-bond acceptors (Lipinski definition) is 7. The molecule has 8 heteroatoms. The van der Waals surface area contributed by atoms with Gasteiger partial charge in [-0.2, -0.15) is 5.26 Å². The number of nitriles is 1. The smallest absolute Gasteiger partial charge is 0.269 e. The molecule has 3 aromatic rings. The minimum atomic E-state index is -0.449. The van der Waals surface area contributed by atoms with E-state index in [-0.39, 0.29) is 5.69 Å². The van der Waals surface area contributed by atoms with E-state index in [2.05, 4.69) is 11.1 Å². The van der Waals surface area contributed by atoms with Crippen molar-refractivity contribution in [1.29, 1.82) is 5.26 Å². The van der Waals surface area contributed by atoms with Crippen molar-refractivity contribution in [2.24, 2.45) is 0 Å². The molecule has 7 nitrogen and oxygen atoms in total. The number of ether oxygens (including phenoxy) is 2. The fourth-order valence-electron chi connectivity index (χ4n) is 2.52. The molecule has 1 aromatic heterocycles. The van der Waals surface area contributed by atoms with Crippen LogP contribution in [-0.2, 0) is 0 Å². The molecule has 0 aliphatic rings. The molecule has 0 saturated carbocycles. The molecule has 0 radical (unpaired) electrons. The second-order valence-electron chi connectivity index (χ2n) is 5.62. The molecule has 0 atom stereocenters. The van der Waals surface area contributed by atoms with Crippen LogP contribution in [0.2, 0.25) is 0 Å². The Morgan fingerprint density at radius 1 is 1.21 bits per heavy atom.